The number of nitrogens with zero attached hydrogens (tertiary/aromatic N) is 1. The highest BCUT2D eigenvalue weighted by molar-refractivity contribution is 6.23. The molecule has 4 heteroatoms. The number of hydrogen-bond donors (Lipinski definition) is 3. The fraction of sp³-hybridized carbons (Fsp3) is 0.125. The Balaban J connectivity index is 1.06. The zero-order valence-corrected chi connectivity index (χ0v) is 39.0. The second-order valence-electron chi connectivity index (χ2n) is 18.3. The van der Waals surface area contributed by atoms with E-state index in [4.69, 9.17) is 0 Å². The van der Waals surface area contributed by atoms with Gasteiger partial charge in [0.05, 0.1) is 17.2 Å². The molecule has 68 heavy (non-hydrogen) atoms. The highest BCUT2D eigenvalue weighted by Crippen LogP contribution is 2.44. The van der Waals surface area contributed by atoms with Crippen LogP contribution in [0.4, 0.5) is 0 Å². The van der Waals surface area contributed by atoms with E-state index in [0.29, 0.717) is 6.67 Å². The summed E-state index contributed by atoms with van der Waals surface area (Å²) in [4.78, 5) is 0. The number of rotatable bonds is 10. The number of para-hydroxylation sites is 1. The minimum atomic E-state index is -0.648. The van der Waals surface area contributed by atoms with E-state index in [9.17, 15) is 0 Å². The summed E-state index contributed by atoms with van der Waals surface area (Å²) < 4.78 is 2.51. The lowest BCUT2D eigenvalue weighted by Crippen LogP contribution is -2.65. The van der Waals surface area contributed by atoms with E-state index in [-0.39, 0.29) is 12.1 Å². The van der Waals surface area contributed by atoms with Crippen LogP contribution >= 0.6 is 0 Å². The third-order valence-corrected chi connectivity index (χ3v) is 14.1. The molecule has 0 spiro atoms. The summed E-state index contributed by atoms with van der Waals surface area (Å²) in [6, 6.07) is 64.7. The molecule has 3 atom stereocenters. The monoisotopic (exact) mass is 880 g/mol. The minimum Gasteiger partial charge on any atom is -0.309 e. The third-order valence-electron chi connectivity index (χ3n) is 14.1. The van der Waals surface area contributed by atoms with Gasteiger partial charge in [0, 0.05) is 34.6 Å². The smallest absolute Gasteiger partial charge is 0.124 e. The molecule has 1 saturated heterocycles. The average molecular weight is 881 g/mol. The van der Waals surface area contributed by atoms with Gasteiger partial charge < -0.3 is 4.57 Å². The number of fused-ring (bicyclic) bond motifs is 5. The van der Waals surface area contributed by atoms with Crippen molar-refractivity contribution in [2.24, 2.45) is 0 Å². The number of benzene rings is 8. The van der Waals surface area contributed by atoms with Crippen LogP contribution in [0.5, 0.6) is 0 Å². The van der Waals surface area contributed by atoms with Crippen molar-refractivity contribution >= 4 is 43.7 Å². The number of aromatic nitrogens is 1. The van der Waals surface area contributed by atoms with E-state index in [1.165, 1.54) is 77.1 Å². The Bertz CT molecular complexity index is 3490. The Kier molecular flexibility index (Phi) is 11.5. The van der Waals surface area contributed by atoms with E-state index in [2.05, 4.69) is 253 Å². The summed E-state index contributed by atoms with van der Waals surface area (Å²) in [5.74, 6) is 0.191. The molecular weight excluding hydrogens is 825 g/mol. The summed E-state index contributed by atoms with van der Waals surface area (Å²) >= 11 is 0. The molecule has 8 aromatic carbocycles. The molecule has 3 unspecified atom stereocenters. The van der Waals surface area contributed by atoms with E-state index in [0.717, 1.165) is 34.4 Å². The first-order valence-corrected chi connectivity index (χ1v) is 23.9. The van der Waals surface area contributed by atoms with Gasteiger partial charge in [-0.15, -0.1) is 0 Å². The fourth-order valence-corrected chi connectivity index (χ4v) is 10.8. The zero-order valence-electron chi connectivity index (χ0n) is 39.0. The van der Waals surface area contributed by atoms with Crippen molar-refractivity contribution < 1.29 is 0 Å². The molecule has 9 aromatic rings. The van der Waals surface area contributed by atoms with Gasteiger partial charge in [-0.3, -0.25) is 16.0 Å². The molecule has 4 nitrogen and oxygen atoms in total. The Labute approximate surface area is 400 Å². The Morgan fingerprint density at radius 3 is 2.32 bits per heavy atom. The molecule has 1 fully saturated rings. The number of allylic oxidation sites excluding steroid dienone is 9. The first-order chi connectivity index (χ1) is 33.4. The molecule has 1 aliphatic carbocycles. The molecule has 2 heterocycles. The van der Waals surface area contributed by atoms with Gasteiger partial charge in [-0.1, -0.05) is 206 Å². The molecule has 0 radical (unpaired) electrons. The largest absolute Gasteiger partial charge is 0.309 e. The molecular formula is C64H56N4. The number of aryl methyl sites for hydroxylation is 2. The Morgan fingerprint density at radius 2 is 1.47 bits per heavy atom. The van der Waals surface area contributed by atoms with Gasteiger partial charge in [-0.2, -0.15) is 0 Å². The summed E-state index contributed by atoms with van der Waals surface area (Å²) in [6.07, 6.45) is 16.4. The second-order valence-corrected chi connectivity index (χ2v) is 18.3. The minimum absolute atomic E-state index is 0.0561. The molecule has 1 aliphatic heterocycles. The van der Waals surface area contributed by atoms with Crippen molar-refractivity contribution in [3.05, 3.63) is 270 Å². The lowest BCUT2D eigenvalue weighted by molar-refractivity contribution is 0.192. The van der Waals surface area contributed by atoms with Crippen LogP contribution in [0, 0.1) is 13.8 Å². The first-order valence-electron chi connectivity index (χ1n) is 23.9. The van der Waals surface area contributed by atoms with Crippen LogP contribution in [-0.2, 0) is 5.66 Å². The van der Waals surface area contributed by atoms with Crippen LogP contribution in [0.2, 0.25) is 0 Å². The van der Waals surface area contributed by atoms with Crippen molar-refractivity contribution in [3.8, 4) is 16.8 Å². The predicted molar refractivity (Wildman–Crippen MR) is 288 cm³/mol. The summed E-state index contributed by atoms with van der Waals surface area (Å²) in [5, 5.41) is 16.6. The molecule has 1 aromatic heterocycles. The van der Waals surface area contributed by atoms with Gasteiger partial charge >= 0.3 is 0 Å². The van der Waals surface area contributed by atoms with E-state index < -0.39 is 5.66 Å². The molecule has 2 aliphatic rings. The van der Waals surface area contributed by atoms with Gasteiger partial charge in [0.25, 0.3) is 0 Å². The predicted octanol–water partition coefficient (Wildman–Crippen LogP) is 15.1. The van der Waals surface area contributed by atoms with E-state index in [1.54, 1.807) is 0 Å². The molecule has 0 amide bonds. The highest BCUT2D eigenvalue weighted by Gasteiger charge is 2.39. The molecule has 0 bridgehead atoms. The normalized spacial score (nSPS) is 18.5. The van der Waals surface area contributed by atoms with Crippen molar-refractivity contribution in [3.63, 3.8) is 0 Å². The second kappa shape index (κ2) is 18.2. The highest BCUT2D eigenvalue weighted by atomic mass is 15.4. The third kappa shape index (κ3) is 7.77. The van der Waals surface area contributed by atoms with Gasteiger partial charge in [0.1, 0.15) is 5.66 Å². The maximum atomic E-state index is 4.55. The zero-order chi connectivity index (χ0) is 46.2. The lowest BCUT2D eigenvalue weighted by atomic mass is 9.82. The maximum absolute atomic E-state index is 4.55. The van der Waals surface area contributed by atoms with Crippen LogP contribution in [0.1, 0.15) is 69.9 Å². The van der Waals surface area contributed by atoms with Gasteiger partial charge in [0.15, 0.2) is 0 Å². The lowest BCUT2D eigenvalue weighted by Gasteiger charge is -2.45. The summed E-state index contributed by atoms with van der Waals surface area (Å²) in [7, 11) is 0. The van der Waals surface area contributed by atoms with Gasteiger partial charge in [0.2, 0.25) is 0 Å². The molecule has 3 N–H and O–H groups in total. The summed E-state index contributed by atoms with van der Waals surface area (Å²) in [6.45, 7) is 11.6. The Hall–Kier alpha value is -7.60. The van der Waals surface area contributed by atoms with Crippen LogP contribution in [0.3, 0.4) is 0 Å². The van der Waals surface area contributed by atoms with Gasteiger partial charge in [-0.25, -0.2) is 0 Å². The topological polar surface area (TPSA) is 41.0 Å². The number of hydrogen-bond acceptors (Lipinski definition) is 3. The SMILES string of the molecule is C=C(/C=C\C=C/C)c1c(C)cccc1C1C=C(c2cccc3c4c5ccccc5ccc4n(-c4cccc(-c5cccc(C6(c7ccc(C)cc7)NCNC(c7ccccc7)N6)c5)c4)c23)C=CC1. The molecule has 332 valence electrons. The van der Waals surface area contributed by atoms with Crippen molar-refractivity contribution in [2.45, 2.75) is 44.9 Å². The van der Waals surface area contributed by atoms with Crippen molar-refractivity contribution in [2.75, 3.05) is 6.67 Å². The number of nitrogens with one attached hydrogen (secondary N) is 3. The van der Waals surface area contributed by atoms with Crippen LogP contribution < -0.4 is 16.0 Å². The van der Waals surface area contributed by atoms with Crippen molar-refractivity contribution in [1.29, 1.82) is 0 Å². The van der Waals surface area contributed by atoms with E-state index >= 15 is 0 Å². The van der Waals surface area contributed by atoms with E-state index in [1.807, 2.05) is 13.0 Å². The standard InChI is InChI=1S/C64H56N4/c1-5-6-8-18-44(3)60-45(4)19-13-30-56(60)50-25-14-26-51(39-50)57-31-17-32-58-61-55-29-12-11-20-46(55)35-38-59(61)68(62(57)58)54-28-16-24-49(41-54)48-23-15-27-53(40-48)64(52-36-33-43(2)34-37-52)66-42-65-63(67-64)47-21-9-7-10-22-47/h5-24,26-41,50,63,65-67H,3,25,42H2,1-2,4H3/b6-5-,18-8-. The Morgan fingerprint density at radius 1 is 0.706 bits per heavy atom. The molecule has 11 rings (SSSR count). The molecule has 0 saturated carbocycles. The maximum Gasteiger partial charge on any atom is 0.124 e. The fourth-order valence-electron chi connectivity index (χ4n) is 10.8. The summed E-state index contributed by atoms with van der Waals surface area (Å²) in [5.41, 5.74) is 17.2. The van der Waals surface area contributed by atoms with Gasteiger partial charge in [-0.05, 0) is 118 Å². The van der Waals surface area contributed by atoms with Crippen LogP contribution in [0.15, 0.2) is 225 Å². The average Bonchev–Trinajstić information content (AvgIpc) is 3.74. The van der Waals surface area contributed by atoms with Crippen LogP contribution in [0.25, 0.3) is 60.5 Å². The quantitative estimate of drug-likeness (QED) is 0.120. The van der Waals surface area contributed by atoms with Crippen molar-refractivity contribution in [1.82, 2.24) is 20.5 Å². The van der Waals surface area contributed by atoms with Crippen LogP contribution in [-0.4, -0.2) is 11.2 Å². The first kappa shape index (κ1) is 43.0.